The molecule has 0 aromatic heterocycles. The second kappa shape index (κ2) is 11.1. The maximum absolute atomic E-state index is 13.8. The minimum absolute atomic E-state index is 0.105. The molecule has 0 spiro atoms. The molecule has 4 aromatic carbocycles. The van der Waals surface area contributed by atoms with Gasteiger partial charge in [0.15, 0.2) is 0 Å². The van der Waals surface area contributed by atoms with Gasteiger partial charge in [-0.05, 0) is 47.0 Å². The number of anilines is 2. The lowest BCUT2D eigenvalue weighted by atomic mass is 9.98. The Morgan fingerprint density at radius 2 is 1.59 bits per heavy atom. The van der Waals surface area contributed by atoms with E-state index in [4.69, 9.17) is 33.0 Å². The minimum atomic E-state index is -0.216. The fourth-order valence-electron chi connectivity index (χ4n) is 4.42. The first-order chi connectivity index (χ1) is 18.0. The number of carbonyl (C=O) groups is 1. The quantitative estimate of drug-likeness (QED) is 0.267. The van der Waals surface area contributed by atoms with Gasteiger partial charge in [0.25, 0.3) is 0 Å². The summed E-state index contributed by atoms with van der Waals surface area (Å²) < 4.78 is 5.32. The Hall–Kier alpha value is -3.80. The van der Waals surface area contributed by atoms with Crippen LogP contribution in [-0.2, 0) is 11.2 Å². The van der Waals surface area contributed by atoms with Crippen LogP contribution >= 0.6 is 23.2 Å². The summed E-state index contributed by atoms with van der Waals surface area (Å²) in [6.45, 7) is 0. The number of carbonyl (C=O) groups excluding carboxylic acids is 1. The Morgan fingerprint density at radius 1 is 0.919 bits per heavy atom. The summed E-state index contributed by atoms with van der Waals surface area (Å²) in [6.07, 6.45) is 0.778. The lowest BCUT2D eigenvalue weighted by Gasteiger charge is -2.23. The van der Waals surface area contributed by atoms with Crippen LogP contribution in [0.4, 0.5) is 11.4 Å². The van der Waals surface area contributed by atoms with E-state index >= 15 is 0 Å². The smallest absolute Gasteiger partial charge is 0.247 e. The van der Waals surface area contributed by atoms with Crippen LogP contribution in [0, 0.1) is 0 Å². The van der Waals surface area contributed by atoms with Gasteiger partial charge >= 0.3 is 0 Å². The van der Waals surface area contributed by atoms with Gasteiger partial charge in [-0.25, -0.2) is 5.01 Å². The van der Waals surface area contributed by atoms with Crippen molar-refractivity contribution in [1.29, 1.82) is 0 Å². The number of ether oxygens (including phenoxy) is 1. The average molecular weight is 530 g/mol. The van der Waals surface area contributed by atoms with Crippen molar-refractivity contribution in [2.24, 2.45) is 5.10 Å². The second-order valence-corrected chi connectivity index (χ2v) is 9.51. The molecule has 1 aliphatic heterocycles. The van der Waals surface area contributed by atoms with Crippen LogP contribution in [0.1, 0.15) is 29.2 Å². The molecule has 1 aliphatic rings. The largest absolute Gasteiger partial charge is 0.497 e. The second-order valence-electron chi connectivity index (χ2n) is 8.70. The first-order valence-electron chi connectivity index (χ1n) is 11.9. The zero-order chi connectivity index (χ0) is 25.8. The van der Waals surface area contributed by atoms with Crippen molar-refractivity contribution >= 4 is 46.2 Å². The van der Waals surface area contributed by atoms with Crippen LogP contribution in [0.3, 0.4) is 0 Å². The van der Waals surface area contributed by atoms with E-state index in [1.54, 1.807) is 30.3 Å². The number of methoxy groups -OCH3 is 1. The third kappa shape index (κ3) is 5.48. The molecule has 0 fully saturated rings. The van der Waals surface area contributed by atoms with Gasteiger partial charge in [0.1, 0.15) is 5.75 Å². The summed E-state index contributed by atoms with van der Waals surface area (Å²) in [7, 11) is 1.64. The molecule has 0 radical (unpaired) electrons. The summed E-state index contributed by atoms with van der Waals surface area (Å²) >= 11 is 12.8. The zero-order valence-electron chi connectivity index (χ0n) is 20.2. The van der Waals surface area contributed by atoms with E-state index < -0.39 is 0 Å². The van der Waals surface area contributed by atoms with E-state index in [1.165, 1.54) is 0 Å². The summed E-state index contributed by atoms with van der Waals surface area (Å²) in [5, 5.41) is 10.7. The molecular weight excluding hydrogens is 505 g/mol. The average Bonchev–Trinajstić information content (AvgIpc) is 3.38. The fourth-order valence-corrected chi connectivity index (χ4v) is 4.92. The van der Waals surface area contributed by atoms with Crippen molar-refractivity contribution in [2.75, 3.05) is 12.4 Å². The highest BCUT2D eigenvalue weighted by atomic mass is 35.5. The van der Waals surface area contributed by atoms with Gasteiger partial charge in [0, 0.05) is 12.1 Å². The van der Waals surface area contributed by atoms with Crippen molar-refractivity contribution in [3.63, 3.8) is 0 Å². The molecule has 5 rings (SSSR count). The van der Waals surface area contributed by atoms with Crippen molar-refractivity contribution < 1.29 is 9.53 Å². The number of halogens is 2. The number of amides is 1. The Bertz CT molecular complexity index is 1420. The number of hydrazone groups is 1. The van der Waals surface area contributed by atoms with Gasteiger partial charge < -0.3 is 10.1 Å². The molecule has 4 aromatic rings. The first kappa shape index (κ1) is 24.9. The first-order valence-corrected chi connectivity index (χ1v) is 12.7. The molecular formula is C30H25Cl2N3O2. The standard InChI is InChI=1S/C30H25Cl2N3O2/c1-37-23-16-14-21(15-17-23)28-19-27(20-8-3-2-4-9-20)34-35(28)29(36)18-22-10-5-6-13-26(22)33-30-24(31)11-7-12-25(30)32/h2-17,28,33H,18-19H2,1H3/t28-/m1/s1. The van der Waals surface area contributed by atoms with Crippen LogP contribution in [0.5, 0.6) is 5.75 Å². The molecule has 0 unspecified atom stereocenters. The van der Waals surface area contributed by atoms with E-state index in [1.807, 2.05) is 78.9 Å². The number of benzene rings is 4. The number of para-hydroxylation sites is 2. The maximum Gasteiger partial charge on any atom is 0.247 e. The van der Waals surface area contributed by atoms with E-state index in [-0.39, 0.29) is 18.4 Å². The third-order valence-electron chi connectivity index (χ3n) is 6.35. The van der Waals surface area contributed by atoms with E-state index in [0.29, 0.717) is 22.2 Å². The van der Waals surface area contributed by atoms with Gasteiger partial charge in [-0.15, -0.1) is 0 Å². The van der Waals surface area contributed by atoms with Crippen molar-refractivity contribution in [2.45, 2.75) is 18.9 Å². The lowest BCUT2D eigenvalue weighted by molar-refractivity contribution is -0.132. The Balaban J connectivity index is 1.45. The molecule has 0 saturated carbocycles. The molecule has 0 aliphatic carbocycles. The number of hydrogen-bond acceptors (Lipinski definition) is 4. The monoisotopic (exact) mass is 529 g/mol. The molecule has 186 valence electrons. The van der Waals surface area contributed by atoms with Crippen molar-refractivity contribution in [3.05, 3.63) is 124 Å². The van der Waals surface area contributed by atoms with E-state index in [2.05, 4.69) is 5.32 Å². The van der Waals surface area contributed by atoms with Gasteiger partial charge in [0.2, 0.25) is 5.91 Å². The molecule has 1 heterocycles. The highest BCUT2D eigenvalue weighted by Crippen LogP contribution is 2.36. The minimum Gasteiger partial charge on any atom is -0.497 e. The molecule has 1 N–H and O–H groups in total. The number of rotatable bonds is 7. The Labute approximate surface area is 226 Å². The Morgan fingerprint density at radius 3 is 2.30 bits per heavy atom. The van der Waals surface area contributed by atoms with E-state index in [0.717, 1.165) is 33.8 Å². The predicted octanol–water partition coefficient (Wildman–Crippen LogP) is 7.67. The lowest BCUT2D eigenvalue weighted by Crippen LogP contribution is -2.28. The highest BCUT2D eigenvalue weighted by Gasteiger charge is 2.33. The molecule has 7 heteroatoms. The zero-order valence-corrected chi connectivity index (χ0v) is 21.7. The maximum atomic E-state index is 13.8. The molecule has 5 nitrogen and oxygen atoms in total. The molecule has 0 saturated heterocycles. The van der Waals surface area contributed by atoms with Crippen LogP contribution in [0.25, 0.3) is 0 Å². The van der Waals surface area contributed by atoms with Gasteiger partial charge in [-0.2, -0.15) is 5.10 Å². The van der Waals surface area contributed by atoms with Gasteiger partial charge in [-0.3, -0.25) is 4.79 Å². The molecule has 1 amide bonds. The van der Waals surface area contributed by atoms with Crippen LogP contribution in [-0.4, -0.2) is 23.7 Å². The molecule has 0 bridgehead atoms. The summed E-state index contributed by atoms with van der Waals surface area (Å²) in [4.78, 5) is 13.8. The number of nitrogens with one attached hydrogen (secondary N) is 1. The summed E-state index contributed by atoms with van der Waals surface area (Å²) in [5.74, 6) is 0.660. The third-order valence-corrected chi connectivity index (χ3v) is 6.98. The van der Waals surface area contributed by atoms with Gasteiger partial charge in [-0.1, -0.05) is 89.9 Å². The molecule has 37 heavy (non-hydrogen) atoms. The predicted molar refractivity (Wildman–Crippen MR) is 150 cm³/mol. The number of nitrogens with zero attached hydrogens (tertiary/aromatic N) is 2. The van der Waals surface area contributed by atoms with Crippen LogP contribution in [0.2, 0.25) is 10.0 Å². The SMILES string of the molecule is COc1ccc([C@H]2CC(c3ccccc3)=NN2C(=O)Cc2ccccc2Nc2c(Cl)cccc2Cl)cc1. The van der Waals surface area contributed by atoms with Crippen LogP contribution in [0.15, 0.2) is 102 Å². The Kier molecular flexibility index (Phi) is 7.45. The van der Waals surface area contributed by atoms with Gasteiger partial charge in [0.05, 0.1) is 41.0 Å². The summed E-state index contributed by atoms with van der Waals surface area (Å²) in [6, 6.07) is 30.5. The van der Waals surface area contributed by atoms with Crippen molar-refractivity contribution in [1.82, 2.24) is 5.01 Å². The summed E-state index contributed by atoms with van der Waals surface area (Å²) in [5.41, 5.74) is 5.07. The number of hydrogen-bond donors (Lipinski definition) is 1. The highest BCUT2D eigenvalue weighted by molar-refractivity contribution is 6.39. The topological polar surface area (TPSA) is 53.9 Å². The van der Waals surface area contributed by atoms with E-state index in [9.17, 15) is 4.79 Å². The van der Waals surface area contributed by atoms with Crippen LogP contribution < -0.4 is 10.1 Å². The van der Waals surface area contributed by atoms with Crippen molar-refractivity contribution in [3.8, 4) is 5.75 Å². The fraction of sp³-hybridized carbons (Fsp3) is 0.133. The normalized spacial score (nSPS) is 14.8. The molecule has 1 atom stereocenters.